The van der Waals surface area contributed by atoms with Crippen molar-refractivity contribution in [3.63, 3.8) is 0 Å². The molecule has 0 aromatic heterocycles. The zero-order chi connectivity index (χ0) is 29.4. The first-order chi connectivity index (χ1) is 17.8. The molecule has 3 saturated carbocycles. The third-order valence-corrected chi connectivity index (χ3v) is 21.0. The van der Waals surface area contributed by atoms with E-state index in [1.807, 2.05) is 0 Å². The first kappa shape index (κ1) is 33.3. The van der Waals surface area contributed by atoms with Gasteiger partial charge in [-0.25, -0.2) is 0 Å². The summed E-state index contributed by atoms with van der Waals surface area (Å²) in [4.78, 5) is 0. The molecule has 2 unspecified atom stereocenters. The van der Waals surface area contributed by atoms with Crippen LogP contribution >= 0.6 is 0 Å². The van der Waals surface area contributed by atoms with E-state index in [2.05, 4.69) is 93.7 Å². The molecular weight excluding hydrogens is 513 g/mol. The van der Waals surface area contributed by atoms with Gasteiger partial charge in [0.2, 0.25) is 0 Å². The summed E-state index contributed by atoms with van der Waals surface area (Å²) >= 11 is 0. The molecule has 39 heavy (non-hydrogen) atoms. The normalized spacial score (nSPS) is 32.8. The van der Waals surface area contributed by atoms with Gasteiger partial charge in [0.05, 0.1) is 12.2 Å². The van der Waals surface area contributed by atoms with Crippen LogP contribution in [0, 0.1) is 23.2 Å². The minimum atomic E-state index is -1.86. The Hall–Kier alpha value is -0.206. The molecule has 0 aliphatic heterocycles. The fourth-order valence-electron chi connectivity index (χ4n) is 7.47. The van der Waals surface area contributed by atoms with E-state index in [4.69, 9.17) is 8.85 Å². The van der Waals surface area contributed by atoms with Crippen LogP contribution in [0.2, 0.25) is 36.3 Å². The summed E-state index contributed by atoms with van der Waals surface area (Å²) < 4.78 is 14.1. The standard InChI is InChI=1S/C34H64O3Si2/c1-25(19-21-35)30-17-18-31-27(14-13-20-34(30,31)8)16-15-26-22-28(36-38(9,10)32(2,3)4)24-29(23-26)37-39(11,12)33(5,6)7/h15-16,25,28-31,35H,13-14,17-24H2,1-12H3/b26-15?,27-16+/t25-,28?,29?,30-,31+,34-/m1/s1. The Morgan fingerprint density at radius 1 is 0.923 bits per heavy atom. The summed E-state index contributed by atoms with van der Waals surface area (Å²) in [5.41, 5.74) is 3.60. The number of aliphatic hydroxyl groups is 1. The third kappa shape index (κ3) is 7.60. The topological polar surface area (TPSA) is 38.7 Å². The van der Waals surface area contributed by atoms with Crippen LogP contribution in [0.3, 0.4) is 0 Å². The monoisotopic (exact) mass is 576 g/mol. The highest BCUT2D eigenvalue weighted by Gasteiger charge is 2.50. The number of allylic oxidation sites excluding steroid dienone is 3. The van der Waals surface area contributed by atoms with E-state index in [9.17, 15) is 5.11 Å². The van der Waals surface area contributed by atoms with Gasteiger partial charge in [0.15, 0.2) is 16.6 Å². The van der Waals surface area contributed by atoms with Gasteiger partial charge in [0.1, 0.15) is 0 Å². The molecule has 226 valence electrons. The van der Waals surface area contributed by atoms with Crippen LogP contribution in [0.4, 0.5) is 0 Å². The van der Waals surface area contributed by atoms with Crippen LogP contribution in [0.1, 0.15) is 113 Å². The zero-order valence-corrected chi connectivity index (χ0v) is 29.9. The molecule has 0 bridgehead atoms. The molecule has 0 radical (unpaired) electrons. The summed E-state index contributed by atoms with van der Waals surface area (Å²) in [6, 6.07) is 0. The molecule has 3 aliphatic rings. The first-order valence-corrected chi connectivity index (χ1v) is 22.0. The van der Waals surface area contributed by atoms with Crippen LogP contribution in [0.15, 0.2) is 23.3 Å². The van der Waals surface area contributed by atoms with Crippen molar-refractivity contribution in [2.45, 2.75) is 162 Å². The lowest BCUT2D eigenvalue weighted by Crippen LogP contribution is -2.48. The van der Waals surface area contributed by atoms with Crippen molar-refractivity contribution < 1.29 is 14.0 Å². The lowest BCUT2D eigenvalue weighted by atomic mass is 9.61. The van der Waals surface area contributed by atoms with Crippen LogP contribution in [-0.4, -0.2) is 40.6 Å². The van der Waals surface area contributed by atoms with Crippen molar-refractivity contribution in [2.75, 3.05) is 6.61 Å². The van der Waals surface area contributed by atoms with Crippen LogP contribution in [0.5, 0.6) is 0 Å². The second kappa shape index (κ2) is 12.2. The van der Waals surface area contributed by atoms with E-state index < -0.39 is 16.6 Å². The predicted molar refractivity (Wildman–Crippen MR) is 173 cm³/mol. The molecule has 1 N–H and O–H groups in total. The molecule has 3 fully saturated rings. The number of aliphatic hydroxyl groups excluding tert-OH is 1. The molecule has 3 aliphatic carbocycles. The van der Waals surface area contributed by atoms with Gasteiger partial charge in [-0.1, -0.05) is 78.7 Å². The van der Waals surface area contributed by atoms with E-state index >= 15 is 0 Å². The van der Waals surface area contributed by atoms with Crippen molar-refractivity contribution in [2.24, 2.45) is 23.2 Å². The van der Waals surface area contributed by atoms with Gasteiger partial charge in [-0.3, -0.25) is 0 Å². The van der Waals surface area contributed by atoms with Gasteiger partial charge in [-0.2, -0.15) is 0 Å². The number of fused-ring (bicyclic) bond motifs is 1. The Bertz CT molecular complexity index is 853. The maximum atomic E-state index is 9.60. The maximum Gasteiger partial charge on any atom is 0.192 e. The molecule has 6 atom stereocenters. The van der Waals surface area contributed by atoms with Gasteiger partial charge >= 0.3 is 0 Å². The van der Waals surface area contributed by atoms with Gasteiger partial charge < -0.3 is 14.0 Å². The Labute approximate surface area is 244 Å². The Kier molecular flexibility index (Phi) is 10.4. The molecule has 0 aromatic carbocycles. The first-order valence-electron chi connectivity index (χ1n) is 16.2. The minimum Gasteiger partial charge on any atom is -0.414 e. The largest absolute Gasteiger partial charge is 0.414 e. The summed E-state index contributed by atoms with van der Waals surface area (Å²) in [5, 5.41) is 10.0. The smallest absolute Gasteiger partial charge is 0.192 e. The Morgan fingerprint density at radius 3 is 1.95 bits per heavy atom. The number of hydrogen-bond acceptors (Lipinski definition) is 3. The summed E-state index contributed by atoms with van der Waals surface area (Å²) in [7, 11) is -3.72. The van der Waals surface area contributed by atoms with Gasteiger partial charge in [-0.15, -0.1) is 0 Å². The summed E-state index contributed by atoms with van der Waals surface area (Å²) in [6.07, 6.45) is 16.1. The quantitative estimate of drug-likeness (QED) is 0.292. The average molecular weight is 577 g/mol. The fourth-order valence-corrected chi connectivity index (χ4v) is 10.2. The van der Waals surface area contributed by atoms with E-state index in [-0.39, 0.29) is 22.3 Å². The highest BCUT2D eigenvalue weighted by Crippen LogP contribution is 2.59. The third-order valence-electron chi connectivity index (χ3n) is 11.9. The van der Waals surface area contributed by atoms with Crippen LogP contribution < -0.4 is 0 Å². The predicted octanol–water partition coefficient (Wildman–Crippen LogP) is 10.0. The lowest BCUT2D eigenvalue weighted by Gasteiger charge is -2.45. The highest BCUT2D eigenvalue weighted by molar-refractivity contribution is 6.74. The van der Waals surface area contributed by atoms with E-state index in [1.165, 1.54) is 37.7 Å². The van der Waals surface area contributed by atoms with Crippen molar-refractivity contribution in [3.8, 4) is 0 Å². The van der Waals surface area contributed by atoms with Gasteiger partial charge in [-0.05, 0) is 117 Å². The maximum absolute atomic E-state index is 9.60. The van der Waals surface area contributed by atoms with Crippen molar-refractivity contribution >= 4 is 16.6 Å². The lowest BCUT2D eigenvalue weighted by molar-refractivity contribution is 0.0724. The fraction of sp³-hybridized carbons (Fsp3) is 0.882. The van der Waals surface area contributed by atoms with Crippen LogP contribution in [-0.2, 0) is 8.85 Å². The molecule has 5 heteroatoms. The Morgan fingerprint density at radius 2 is 1.46 bits per heavy atom. The van der Waals surface area contributed by atoms with Crippen molar-refractivity contribution in [1.29, 1.82) is 0 Å². The van der Waals surface area contributed by atoms with E-state index in [1.54, 1.807) is 5.57 Å². The second-order valence-electron chi connectivity index (χ2n) is 16.8. The highest BCUT2D eigenvalue weighted by atomic mass is 28.4. The van der Waals surface area contributed by atoms with Crippen molar-refractivity contribution in [3.05, 3.63) is 23.3 Å². The zero-order valence-electron chi connectivity index (χ0n) is 27.9. The molecular formula is C34H64O3Si2. The number of rotatable bonds is 8. The van der Waals surface area contributed by atoms with E-state index in [0.717, 1.165) is 31.6 Å². The molecule has 0 aromatic rings. The molecule has 0 spiro atoms. The van der Waals surface area contributed by atoms with Gasteiger partial charge in [0.25, 0.3) is 0 Å². The summed E-state index contributed by atoms with van der Waals surface area (Å²) in [5.74, 6) is 2.06. The molecule has 0 amide bonds. The number of hydrogen-bond donors (Lipinski definition) is 1. The van der Waals surface area contributed by atoms with Gasteiger partial charge in [0, 0.05) is 6.61 Å². The molecule has 0 saturated heterocycles. The molecule has 3 rings (SSSR count). The summed E-state index contributed by atoms with van der Waals surface area (Å²) in [6.45, 7) is 29.0. The van der Waals surface area contributed by atoms with Crippen molar-refractivity contribution in [1.82, 2.24) is 0 Å². The Balaban J connectivity index is 1.85. The van der Waals surface area contributed by atoms with Crippen LogP contribution in [0.25, 0.3) is 0 Å². The van der Waals surface area contributed by atoms with E-state index in [0.29, 0.717) is 23.9 Å². The minimum absolute atomic E-state index is 0.213. The molecule has 3 nitrogen and oxygen atoms in total. The average Bonchev–Trinajstić information content (AvgIpc) is 3.13. The molecule has 0 heterocycles. The SMILES string of the molecule is C[C@H](CCO)[C@H]1CC[C@H]2/C(=C/C=C3CC(O[Si](C)(C)C(C)(C)C)CC(O[Si](C)(C)C(C)(C)C)C3)CCC[C@]12C. The second-order valence-corrected chi connectivity index (χ2v) is 26.3.